The van der Waals surface area contributed by atoms with E-state index in [0.29, 0.717) is 24.3 Å². The average molecular weight is 455 g/mol. The molecule has 2 atom stereocenters. The van der Waals surface area contributed by atoms with Crippen molar-refractivity contribution in [3.05, 3.63) is 28.5 Å². The van der Waals surface area contributed by atoms with Crippen LogP contribution in [0.3, 0.4) is 0 Å². The number of carbonyl (C=O) groups is 1. The minimum atomic E-state index is -0.971. The smallest absolute Gasteiger partial charge is 0.410 e. The third-order valence-electron chi connectivity index (χ3n) is 5.10. The number of anilines is 1. The van der Waals surface area contributed by atoms with Gasteiger partial charge < -0.3 is 9.64 Å². The number of fused-ring (bicyclic) bond motifs is 3. The van der Waals surface area contributed by atoms with Gasteiger partial charge in [-0.1, -0.05) is 0 Å². The molecule has 2 saturated heterocycles. The molecule has 2 bridgehead atoms. The molecule has 0 spiro atoms. The predicted octanol–water partition coefficient (Wildman–Crippen LogP) is 4.26. The lowest BCUT2D eigenvalue weighted by Gasteiger charge is -2.42. The van der Waals surface area contributed by atoms with Crippen LogP contribution in [0.2, 0.25) is 0 Å². The third kappa shape index (κ3) is 3.40. The van der Waals surface area contributed by atoms with Gasteiger partial charge in [0.05, 0.1) is 16.6 Å². The van der Waals surface area contributed by atoms with E-state index in [4.69, 9.17) is 4.74 Å². The first-order valence-corrected chi connectivity index (χ1v) is 10.0. The number of hydrogen-bond acceptors (Lipinski definition) is 5. The van der Waals surface area contributed by atoms with E-state index in [1.54, 1.807) is 17.0 Å². The third-order valence-corrected chi connectivity index (χ3v) is 5.71. The summed E-state index contributed by atoms with van der Waals surface area (Å²) in [5, 5.41) is 0.451. The molecule has 0 radical (unpaired) electrons. The molecule has 0 saturated carbocycles. The summed E-state index contributed by atoms with van der Waals surface area (Å²) in [5.74, 6) is -0.259. The molecule has 9 heteroatoms. The van der Waals surface area contributed by atoms with Gasteiger partial charge in [-0.05, 0) is 61.7 Å². The second-order valence-corrected chi connectivity index (χ2v) is 9.11. The highest BCUT2D eigenvalue weighted by Crippen LogP contribution is 2.36. The Bertz CT molecular complexity index is 936. The monoisotopic (exact) mass is 454 g/mol. The van der Waals surface area contributed by atoms with Crippen molar-refractivity contribution in [1.29, 1.82) is 0 Å². The number of piperazine rings is 1. The number of nitrogens with zero attached hydrogens (tertiary/aromatic N) is 4. The van der Waals surface area contributed by atoms with Crippen LogP contribution >= 0.6 is 15.9 Å². The van der Waals surface area contributed by atoms with Crippen molar-refractivity contribution in [3.63, 3.8) is 0 Å². The second-order valence-electron chi connectivity index (χ2n) is 8.25. The number of hydrogen-bond donors (Lipinski definition) is 0. The van der Waals surface area contributed by atoms with E-state index < -0.39 is 17.5 Å². The SMILES string of the molecule is CC(C)(C)OC(=O)N1[C@H]2CC[C@H]1CN(c1nc(F)nc3c(F)c(Br)ccc13)C2. The van der Waals surface area contributed by atoms with Crippen LogP contribution in [0.4, 0.5) is 19.4 Å². The van der Waals surface area contributed by atoms with Crippen molar-refractivity contribution in [1.82, 2.24) is 14.9 Å². The Morgan fingerprint density at radius 2 is 1.82 bits per heavy atom. The minimum absolute atomic E-state index is 0.0537. The van der Waals surface area contributed by atoms with Crippen LogP contribution in [0, 0.1) is 11.9 Å². The summed E-state index contributed by atoms with van der Waals surface area (Å²) >= 11 is 3.11. The normalized spacial score (nSPS) is 22.1. The first-order chi connectivity index (χ1) is 13.1. The van der Waals surface area contributed by atoms with Crippen LogP contribution in [-0.2, 0) is 4.74 Å². The maximum absolute atomic E-state index is 14.4. The molecular weight excluding hydrogens is 434 g/mol. The molecule has 28 heavy (non-hydrogen) atoms. The summed E-state index contributed by atoms with van der Waals surface area (Å²) in [4.78, 5) is 23.9. The van der Waals surface area contributed by atoms with Crippen LogP contribution in [0.25, 0.3) is 10.9 Å². The summed E-state index contributed by atoms with van der Waals surface area (Å²) in [6.45, 7) is 6.49. The molecule has 150 valence electrons. The van der Waals surface area contributed by atoms with E-state index in [0.717, 1.165) is 12.8 Å². The van der Waals surface area contributed by atoms with Gasteiger partial charge in [0.2, 0.25) is 0 Å². The number of ether oxygens (including phenoxy) is 1. The van der Waals surface area contributed by atoms with Crippen molar-refractivity contribution < 1.29 is 18.3 Å². The zero-order valence-corrected chi connectivity index (χ0v) is 17.5. The summed E-state index contributed by atoms with van der Waals surface area (Å²) in [6.07, 6.45) is 0.382. The number of amides is 1. The molecule has 1 amide bonds. The van der Waals surface area contributed by atoms with E-state index in [-0.39, 0.29) is 28.2 Å². The molecule has 3 heterocycles. The molecule has 2 aromatic rings. The van der Waals surface area contributed by atoms with Crippen LogP contribution in [0.1, 0.15) is 33.6 Å². The van der Waals surface area contributed by atoms with Crippen LogP contribution in [-0.4, -0.2) is 51.7 Å². The highest BCUT2D eigenvalue weighted by atomic mass is 79.9. The van der Waals surface area contributed by atoms with Gasteiger partial charge in [-0.25, -0.2) is 9.18 Å². The van der Waals surface area contributed by atoms with Crippen LogP contribution < -0.4 is 4.90 Å². The number of benzene rings is 1. The lowest BCUT2D eigenvalue weighted by atomic mass is 10.1. The fourth-order valence-corrected chi connectivity index (χ4v) is 4.34. The van der Waals surface area contributed by atoms with Crippen molar-refractivity contribution in [3.8, 4) is 0 Å². The van der Waals surface area contributed by atoms with E-state index in [9.17, 15) is 13.6 Å². The van der Waals surface area contributed by atoms with Crippen molar-refractivity contribution in [2.75, 3.05) is 18.0 Å². The maximum atomic E-state index is 14.4. The Hall–Kier alpha value is -2.03. The molecule has 2 aliphatic rings. The van der Waals surface area contributed by atoms with Gasteiger partial charge >= 0.3 is 12.2 Å². The van der Waals surface area contributed by atoms with Crippen molar-refractivity contribution in [2.45, 2.75) is 51.3 Å². The summed E-state index contributed by atoms with van der Waals surface area (Å²) in [6, 6.07) is 3.14. The Kier molecular flexibility index (Phi) is 4.68. The van der Waals surface area contributed by atoms with Gasteiger partial charge in [-0.3, -0.25) is 4.90 Å². The lowest BCUT2D eigenvalue weighted by molar-refractivity contribution is 0.0123. The molecule has 1 aromatic heterocycles. The largest absolute Gasteiger partial charge is 0.444 e. The maximum Gasteiger partial charge on any atom is 0.410 e. The Labute approximate surface area is 170 Å². The molecule has 1 aromatic carbocycles. The summed E-state index contributed by atoms with van der Waals surface area (Å²) < 4.78 is 34.2. The van der Waals surface area contributed by atoms with Gasteiger partial charge in [0.1, 0.15) is 16.9 Å². The van der Waals surface area contributed by atoms with Crippen molar-refractivity contribution >= 4 is 38.7 Å². The Balaban J connectivity index is 1.65. The number of halogens is 3. The summed E-state index contributed by atoms with van der Waals surface area (Å²) in [7, 11) is 0. The molecule has 4 rings (SSSR count). The molecule has 0 unspecified atom stereocenters. The first kappa shape index (κ1) is 19.3. The van der Waals surface area contributed by atoms with Gasteiger partial charge in [-0.2, -0.15) is 14.4 Å². The zero-order chi connectivity index (χ0) is 20.2. The Morgan fingerprint density at radius 3 is 2.43 bits per heavy atom. The van der Waals surface area contributed by atoms with E-state index in [1.807, 2.05) is 25.7 Å². The number of aromatic nitrogens is 2. The Morgan fingerprint density at radius 1 is 1.18 bits per heavy atom. The molecule has 2 aliphatic heterocycles. The van der Waals surface area contributed by atoms with Gasteiger partial charge in [0.15, 0.2) is 5.82 Å². The van der Waals surface area contributed by atoms with Crippen LogP contribution in [0.15, 0.2) is 16.6 Å². The average Bonchev–Trinajstić information content (AvgIpc) is 2.87. The van der Waals surface area contributed by atoms with E-state index in [1.165, 1.54) is 0 Å². The number of rotatable bonds is 1. The molecule has 0 aliphatic carbocycles. The quantitative estimate of drug-likeness (QED) is 0.602. The fourth-order valence-electron chi connectivity index (χ4n) is 4.02. The highest BCUT2D eigenvalue weighted by Gasteiger charge is 2.45. The molecule has 6 nitrogen and oxygen atoms in total. The van der Waals surface area contributed by atoms with E-state index in [2.05, 4.69) is 25.9 Å². The molecule has 0 N–H and O–H groups in total. The second kappa shape index (κ2) is 6.79. The molecule has 2 fully saturated rings. The lowest BCUT2D eigenvalue weighted by Crippen LogP contribution is -2.57. The predicted molar refractivity (Wildman–Crippen MR) is 104 cm³/mol. The van der Waals surface area contributed by atoms with Crippen molar-refractivity contribution in [2.24, 2.45) is 0 Å². The van der Waals surface area contributed by atoms with E-state index >= 15 is 0 Å². The van der Waals surface area contributed by atoms with Gasteiger partial charge in [0.25, 0.3) is 0 Å². The summed E-state index contributed by atoms with van der Waals surface area (Å²) in [5.41, 5.74) is -0.622. The number of carbonyl (C=O) groups excluding carboxylic acids is 1. The minimum Gasteiger partial charge on any atom is -0.444 e. The topological polar surface area (TPSA) is 58.6 Å². The standard InChI is InChI=1S/C19H21BrF2N4O2/c1-19(2,3)28-18(27)26-10-4-5-11(26)9-25(8-10)16-12-6-7-13(20)14(21)15(12)23-17(22)24-16/h6-7,10-11H,4-5,8-9H2,1-3H3/t10-,11-/m0/s1. The van der Waals surface area contributed by atoms with Gasteiger partial charge in [-0.15, -0.1) is 0 Å². The first-order valence-electron chi connectivity index (χ1n) is 9.21. The van der Waals surface area contributed by atoms with Crippen LogP contribution in [0.5, 0.6) is 0 Å². The molecular formula is C19H21BrF2N4O2. The fraction of sp³-hybridized carbons (Fsp3) is 0.526. The van der Waals surface area contributed by atoms with Gasteiger partial charge in [0, 0.05) is 18.5 Å². The highest BCUT2D eigenvalue weighted by molar-refractivity contribution is 9.10. The zero-order valence-electron chi connectivity index (χ0n) is 15.9.